The summed E-state index contributed by atoms with van der Waals surface area (Å²) in [5, 5.41) is 2.68. The molecule has 0 aromatic carbocycles. The second kappa shape index (κ2) is 7.43. The molecule has 0 bridgehead atoms. The maximum absolute atomic E-state index is 12.0. The van der Waals surface area contributed by atoms with E-state index in [1.54, 1.807) is 18.0 Å². The number of rotatable bonds is 6. The monoisotopic (exact) mass is 296 g/mol. The van der Waals surface area contributed by atoms with Crippen molar-refractivity contribution in [2.24, 2.45) is 5.92 Å². The van der Waals surface area contributed by atoms with Crippen LogP contribution >= 0.6 is 11.3 Å². The van der Waals surface area contributed by atoms with E-state index in [4.69, 9.17) is 0 Å². The molecular formula is C15H24N2O2S. The quantitative estimate of drug-likeness (QED) is 0.877. The number of hydrogen-bond donors (Lipinski definition) is 1. The van der Waals surface area contributed by atoms with Gasteiger partial charge in [0.15, 0.2) is 0 Å². The summed E-state index contributed by atoms with van der Waals surface area (Å²) in [4.78, 5) is 27.3. The average molecular weight is 296 g/mol. The largest absolute Gasteiger partial charge is 0.342 e. The van der Waals surface area contributed by atoms with Crippen molar-refractivity contribution in [1.82, 2.24) is 10.2 Å². The Morgan fingerprint density at radius 3 is 2.45 bits per heavy atom. The molecule has 1 aromatic heterocycles. The SMILES string of the molecule is Cc1ccc(C(=O)NCC(=O)N(C)[C@@H](C)CC(C)C)s1. The van der Waals surface area contributed by atoms with Crippen LogP contribution in [0.1, 0.15) is 41.7 Å². The number of amides is 2. The number of nitrogens with zero attached hydrogens (tertiary/aromatic N) is 1. The Hall–Kier alpha value is -1.36. The smallest absolute Gasteiger partial charge is 0.261 e. The van der Waals surface area contributed by atoms with Gasteiger partial charge in [-0.25, -0.2) is 0 Å². The average Bonchev–Trinajstić information content (AvgIpc) is 2.80. The van der Waals surface area contributed by atoms with Crippen molar-refractivity contribution in [1.29, 1.82) is 0 Å². The van der Waals surface area contributed by atoms with Crippen LogP contribution in [0.25, 0.3) is 0 Å². The third kappa shape index (κ3) is 4.96. The summed E-state index contributed by atoms with van der Waals surface area (Å²) in [5.74, 6) is 0.310. The number of aryl methyl sites for hydroxylation is 1. The normalized spacial score (nSPS) is 12.3. The zero-order valence-electron chi connectivity index (χ0n) is 12.9. The lowest BCUT2D eigenvalue weighted by molar-refractivity contribution is -0.130. The Labute approximate surface area is 125 Å². The van der Waals surface area contributed by atoms with E-state index < -0.39 is 0 Å². The Bertz CT molecular complexity index is 468. The summed E-state index contributed by atoms with van der Waals surface area (Å²) in [6, 6.07) is 3.87. The van der Waals surface area contributed by atoms with E-state index in [0.29, 0.717) is 10.8 Å². The second-order valence-electron chi connectivity index (χ2n) is 5.58. The lowest BCUT2D eigenvalue weighted by Crippen LogP contribution is -2.42. The molecule has 4 nitrogen and oxygen atoms in total. The van der Waals surface area contributed by atoms with Gasteiger partial charge in [0.25, 0.3) is 5.91 Å². The zero-order chi connectivity index (χ0) is 15.3. The van der Waals surface area contributed by atoms with E-state index >= 15 is 0 Å². The van der Waals surface area contributed by atoms with Crippen LogP contribution in [-0.4, -0.2) is 36.3 Å². The minimum absolute atomic E-state index is 0.0503. The van der Waals surface area contributed by atoms with Gasteiger partial charge in [0.2, 0.25) is 5.91 Å². The first kappa shape index (κ1) is 16.7. The van der Waals surface area contributed by atoms with Crippen LogP contribution in [0.4, 0.5) is 0 Å². The number of nitrogens with one attached hydrogen (secondary N) is 1. The maximum Gasteiger partial charge on any atom is 0.261 e. The van der Waals surface area contributed by atoms with Crippen molar-refractivity contribution in [3.8, 4) is 0 Å². The molecule has 1 rings (SSSR count). The molecule has 0 aliphatic carbocycles. The molecule has 1 heterocycles. The van der Waals surface area contributed by atoms with Crippen LogP contribution in [0.3, 0.4) is 0 Å². The molecule has 0 unspecified atom stereocenters. The molecule has 0 aliphatic rings. The van der Waals surface area contributed by atoms with Crippen molar-refractivity contribution < 1.29 is 9.59 Å². The number of carbonyl (C=O) groups is 2. The lowest BCUT2D eigenvalue weighted by Gasteiger charge is -2.26. The molecule has 112 valence electrons. The fourth-order valence-electron chi connectivity index (χ4n) is 2.01. The van der Waals surface area contributed by atoms with Crippen LogP contribution in [0.5, 0.6) is 0 Å². The predicted octanol–water partition coefficient (Wildman–Crippen LogP) is 2.68. The van der Waals surface area contributed by atoms with E-state index in [1.807, 2.05) is 19.9 Å². The van der Waals surface area contributed by atoms with Gasteiger partial charge in [-0.05, 0) is 38.3 Å². The molecule has 0 saturated carbocycles. The van der Waals surface area contributed by atoms with Crippen LogP contribution in [0.15, 0.2) is 12.1 Å². The van der Waals surface area contributed by atoms with E-state index in [1.165, 1.54) is 11.3 Å². The fraction of sp³-hybridized carbons (Fsp3) is 0.600. The van der Waals surface area contributed by atoms with Gasteiger partial charge < -0.3 is 10.2 Å². The summed E-state index contributed by atoms with van der Waals surface area (Å²) in [6.07, 6.45) is 0.959. The van der Waals surface area contributed by atoms with Gasteiger partial charge in [0.1, 0.15) is 0 Å². The summed E-state index contributed by atoms with van der Waals surface area (Å²) >= 11 is 1.43. The van der Waals surface area contributed by atoms with Crippen LogP contribution in [-0.2, 0) is 4.79 Å². The highest BCUT2D eigenvalue weighted by Gasteiger charge is 2.17. The Kier molecular flexibility index (Phi) is 6.20. The summed E-state index contributed by atoms with van der Waals surface area (Å²) in [6.45, 7) is 8.30. The Balaban J connectivity index is 2.44. The number of likely N-dealkylation sites (N-methyl/N-ethyl adjacent to an activating group) is 1. The van der Waals surface area contributed by atoms with Gasteiger partial charge in [0, 0.05) is 18.0 Å². The first-order chi connectivity index (χ1) is 9.31. The van der Waals surface area contributed by atoms with E-state index in [9.17, 15) is 9.59 Å². The molecule has 5 heteroatoms. The van der Waals surface area contributed by atoms with Gasteiger partial charge in [-0.1, -0.05) is 13.8 Å². The minimum Gasteiger partial charge on any atom is -0.342 e. The molecule has 0 fully saturated rings. The first-order valence-corrected chi connectivity index (χ1v) is 7.73. The van der Waals surface area contributed by atoms with E-state index in [0.717, 1.165) is 11.3 Å². The van der Waals surface area contributed by atoms with Gasteiger partial charge in [0.05, 0.1) is 11.4 Å². The second-order valence-corrected chi connectivity index (χ2v) is 6.86. The number of carbonyl (C=O) groups excluding carboxylic acids is 2. The third-order valence-electron chi connectivity index (χ3n) is 3.23. The molecule has 1 atom stereocenters. The Morgan fingerprint density at radius 1 is 1.30 bits per heavy atom. The molecular weight excluding hydrogens is 272 g/mol. The van der Waals surface area contributed by atoms with Crippen molar-refractivity contribution in [3.63, 3.8) is 0 Å². The van der Waals surface area contributed by atoms with Crippen LogP contribution in [0, 0.1) is 12.8 Å². The first-order valence-electron chi connectivity index (χ1n) is 6.91. The highest BCUT2D eigenvalue weighted by Crippen LogP contribution is 2.14. The number of thiophene rings is 1. The minimum atomic E-state index is -0.179. The predicted molar refractivity (Wildman–Crippen MR) is 83.1 cm³/mol. The van der Waals surface area contributed by atoms with Crippen molar-refractivity contribution >= 4 is 23.2 Å². The van der Waals surface area contributed by atoms with Crippen LogP contribution < -0.4 is 5.32 Å². The third-order valence-corrected chi connectivity index (χ3v) is 4.23. The molecule has 0 saturated heterocycles. The molecule has 0 aliphatic heterocycles. The van der Waals surface area contributed by atoms with Crippen molar-refractivity contribution in [3.05, 3.63) is 21.9 Å². The summed E-state index contributed by atoms with van der Waals surface area (Å²) in [7, 11) is 1.79. The zero-order valence-corrected chi connectivity index (χ0v) is 13.7. The van der Waals surface area contributed by atoms with Gasteiger partial charge in [-0.3, -0.25) is 9.59 Å². The molecule has 0 radical (unpaired) electrons. The van der Waals surface area contributed by atoms with Crippen molar-refractivity contribution in [2.45, 2.75) is 40.2 Å². The van der Waals surface area contributed by atoms with Crippen LogP contribution in [0.2, 0.25) is 0 Å². The molecule has 20 heavy (non-hydrogen) atoms. The highest BCUT2D eigenvalue weighted by molar-refractivity contribution is 7.13. The summed E-state index contributed by atoms with van der Waals surface area (Å²) in [5.41, 5.74) is 0. The molecule has 2 amide bonds. The molecule has 0 spiro atoms. The van der Waals surface area contributed by atoms with E-state index in [2.05, 4.69) is 19.2 Å². The Morgan fingerprint density at radius 2 is 1.95 bits per heavy atom. The molecule has 1 N–H and O–H groups in total. The lowest BCUT2D eigenvalue weighted by atomic mass is 10.0. The van der Waals surface area contributed by atoms with E-state index in [-0.39, 0.29) is 24.4 Å². The van der Waals surface area contributed by atoms with Gasteiger partial charge in [-0.2, -0.15) is 0 Å². The van der Waals surface area contributed by atoms with Gasteiger partial charge >= 0.3 is 0 Å². The highest BCUT2D eigenvalue weighted by atomic mass is 32.1. The van der Waals surface area contributed by atoms with Crippen molar-refractivity contribution in [2.75, 3.05) is 13.6 Å². The molecule has 1 aromatic rings. The maximum atomic E-state index is 12.0. The fourth-order valence-corrected chi connectivity index (χ4v) is 2.79. The summed E-state index contributed by atoms with van der Waals surface area (Å²) < 4.78 is 0. The topological polar surface area (TPSA) is 49.4 Å². The van der Waals surface area contributed by atoms with Gasteiger partial charge in [-0.15, -0.1) is 11.3 Å². The number of hydrogen-bond acceptors (Lipinski definition) is 3. The standard InChI is InChI=1S/C15H24N2O2S/c1-10(2)8-11(3)17(5)14(18)9-16-15(19)13-7-6-12(4)20-13/h6-7,10-11H,8-9H2,1-5H3,(H,16,19)/t11-/m0/s1.